The molecule has 0 aliphatic carbocycles. The van der Waals surface area contributed by atoms with E-state index in [1.807, 2.05) is 19.9 Å². The zero-order valence-corrected chi connectivity index (χ0v) is 11.4. The van der Waals surface area contributed by atoms with Crippen LogP contribution in [0.1, 0.15) is 30.1 Å². The van der Waals surface area contributed by atoms with Crippen molar-refractivity contribution in [3.8, 4) is 0 Å². The number of aryl methyl sites for hydroxylation is 2. The molecule has 1 aliphatic heterocycles. The van der Waals surface area contributed by atoms with Crippen LogP contribution in [0.15, 0.2) is 6.07 Å². The molecule has 6 heteroatoms. The molecular weight excluding hydrogens is 244 g/mol. The van der Waals surface area contributed by atoms with E-state index in [0.29, 0.717) is 25.5 Å². The number of aromatic nitrogens is 2. The van der Waals surface area contributed by atoms with Gasteiger partial charge in [-0.05, 0) is 32.8 Å². The van der Waals surface area contributed by atoms with Gasteiger partial charge in [0.1, 0.15) is 5.82 Å². The van der Waals surface area contributed by atoms with Gasteiger partial charge in [-0.1, -0.05) is 0 Å². The number of piperidine rings is 1. The smallest absolute Gasteiger partial charge is 0.317 e. The summed E-state index contributed by atoms with van der Waals surface area (Å²) < 4.78 is 0. The van der Waals surface area contributed by atoms with Crippen LogP contribution in [0.25, 0.3) is 0 Å². The van der Waals surface area contributed by atoms with Gasteiger partial charge in [-0.15, -0.1) is 0 Å². The minimum absolute atomic E-state index is 0.165. The van der Waals surface area contributed by atoms with Crippen LogP contribution in [0, 0.1) is 13.8 Å². The van der Waals surface area contributed by atoms with Gasteiger partial charge in [0.05, 0.1) is 12.6 Å². The maximum absolute atomic E-state index is 11.9. The zero-order valence-electron chi connectivity index (χ0n) is 11.4. The lowest BCUT2D eigenvalue weighted by Crippen LogP contribution is -2.47. The van der Waals surface area contributed by atoms with Crippen molar-refractivity contribution in [1.29, 1.82) is 0 Å². The van der Waals surface area contributed by atoms with E-state index in [4.69, 9.17) is 0 Å². The standard InChI is InChI=1S/C13H20N4O2/c1-9-6-10(2)16-12(15-9)7-14-13(19)17-5-3-4-11(18)8-17/h6,11,18H,3-5,7-8H2,1-2H3,(H,14,19)/t11-/m0/s1. The summed E-state index contributed by atoms with van der Waals surface area (Å²) in [6.07, 6.45) is 1.20. The number of carbonyl (C=O) groups excluding carboxylic acids is 1. The Bertz CT molecular complexity index is 444. The molecule has 2 amide bonds. The number of nitrogens with one attached hydrogen (secondary N) is 1. The number of hydrogen-bond donors (Lipinski definition) is 2. The topological polar surface area (TPSA) is 78.4 Å². The summed E-state index contributed by atoms with van der Waals surface area (Å²) in [5.41, 5.74) is 1.79. The number of rotatable bonds is 2. The number of likely N-dealkylation sites (tertiary alicyclic amines) is 1. The van der Waals surface area contributed by atoms with Gasteiger partial charge in [0.25, 0.3) is 0 Å². The number of nitrogens with zero attached hydrogens (tertiary/aromatic N) is 3. The second-order valence-corrected chi connectivity index (χ2v) is 4.97. The van der Waals surface area contributed by atoms with Gasteiger partial charge in [-0.3, -0.25) is 0 Å². The molecule has 0 unspecified atom stereocenters. The molecule has 0 bridgehead atoms. The van der Waals surface area contributed by atoms with Crippen molar-refractivity contribution >= 4 is 6.03 Å². The predicted octanol–water partition coefficient (Wildman–Crippen LogP) is 0.760. The minimum atomic E-state index is -0.406. The van der Waals surface area contributed by atoms with Crippen LogP contribution >= 0.6 is 0 Å². The van der Waals surface area contributed by atoms with Crippen LogP contribution in [0.3, 0.4) is 0 Å². The molecule has 1 saturated heterocycles. The first kappa shape index (κ1) is 13.7. The van der Waals surface area contributed by atoms with Crippen LogP contribution in [0.2, 0.25) is 0 Å². The average Bonchev–Trinajstić information content (AvgIpc) is 2.35. The fourth-order valence-corrected chi connectivity index (χ4v) is 2.28. The zero-order chi connectivity index (χ0) is 13.8. The Hall–Kier alpha value is -1.69. The molecule has 0 spiro atoms. The Morgan fingerprint density at radius 1 is 1.47 bits per heavy atom. The molecular formula is C13H20N4O2. The van der Waals surface area contributed by atoms with Crippen molar-refractivity contribution in [1.82, 2.24) is 20.2 Å². The Labute approximate surface area is 112 Å². The summed E-state index contributed by atoms with van der Waals surface area (Å²) in [6, 6.07) is 1.73. The third kappa shape index (κ3) is 3.89. The highest BCUT2D eigenvalue weighted by molar-refractivity contribution is 5.74. The molecule has 0 radical (unpaired) electrons. The van der Waals surface area contributed by atoms with Crippen molar-refractivity contribution in [2.24, 2.45) is 0 Å². The van der Waals surface area contributed by atoms with Crippen molar-refractivity contribution < 1.29 is 9.90 Å². The van der Waals surface area contributed by atoms with E-state index in [2.05, 4.69) is 15.3 Å². The van der Waals surface area contributed by atoms with Crippen LogP contribution in [0.4, 0.5) is 4.79 Å². The molecule has 1 aromatic rings. The van der Waals surface area contributed by atoms with E-state index in [1.54, 1.807) is 4.90 Å². The molecule has 2 rings (SSSR count). The molecule has 6 nitrogen and oxygen atoms in total. The maximum Gasteiger partial charge on any atom is 0.317 e. The Kier molecular flexibility index (Phi) is 4.31. The van der Waals surface area contributed by atoms with Crippen LogP contribution < -0.4 is 5.32 Å². The average molecular weight is 264 g/mol. The molecule has 2 heterocycles. The molecule has 19 heavy (non-hydrogen) atoms. The summed E-state index contributed by atoms with van der Waals surface area (Å²) >= 11 is 0. The highest BCUT2D eigenvalue weighted by atomic mass is 16.3. The number of aliphatic hydroxyl groups is 1. The third-order valence-electron chi connectivity index (χ3n) is 3.11. The number of carbonyl (C=O) groups is 1. The van der Waals surface area contributed by atoms with Gasteiger partial charge < -0.3 is 15.3 Å². The SMILES string of the molecule is Cc1cc(C)nc(CNC(=O)N2CCC[C@H](O)C2)n1. The lowest BCUT2D eigenvalue weighted by molar-refractivity contribution is 0.0841. The minimum Gasteiger partial charge on any atom is -0.391 e. The predicted molar refractivity (Wildman–Crippen MR) is 70.6 cm³/mol. The fourth-order valence-electron chi connectivity index (χ4n) is 2.28. The van der Waals surface area contributed by atoms with E-state index in [9.17, 15) is 9.90 Å². The van der Waals surface area contributed by atoms with Crippen molar-refractivity contribution in [3.63, 3.8) is 0 Å². The fraction of sp³-hybridized carbons (Fsp3) is 0.615. The van der Waals surface area contributed by atoms with Crippen LogP contribution in [0.5, 0.6) is 0 Å². The molecule has 0 aromatic carbocycles. The van der Waals surface area contributed by atoms with Crippen molar-refractivity contribution in [2.75, 3.05) is 13.1 Å². The number of aliphatic hydroxyl groups excluding tert-OH is 1. The first-order chi connectivity index (χ1) is 9.04. The quantitative estimate of drug-likeness (QED) is 0.826. The number of β-amino-alcohol motifs (C(OH)–C–C–N with tert-alkyl or cyclic N) is 1. The van der Waals surface area contributed by atoms with Gasteiger partial charge in [0, 0.05) is 24.5 Å². The summed E-state index contributed by atoms with van der Waals surface area (Å²) in [7, 11) is 0. The highest BCUT2D eigenvalue weighted by Crippen LogP contribution is 2.09. The van der Waals surface area contributed by atoms with Gasteiger partial charge in [0.2, 0.25) is 0 Å². The monoisotopic (exact) mass is 264 g/mol. The molecule has 0 saturated carbocycles. The van der Waals surface area contributed by atoms with Crippen molar-refractivity contribution in [2.45, 2.75) is 39.3 Å². The summed E-state index contributed by atoms with van der Waals surface area (Å²) in [5, 5.41) is 12.3. The normalized spacial score (nSPS) is 19.3. The molecule has 1 aromatic heterocycles. The first-order valence-electron chi connectivity index (χ1n) is 6.56. The van der Waals surface area contributed by atoms with Crippen LogP contribution in [-0.2, 0) is 6.54 Å². The Morgan fingerprint density at radius 2 is 2.16 bits per heavy atom. The van der Waals surface area contributed by atoms with Gasteiger partial charge in [-0.25, -0.2) is 14.8 Å². The molecule has 1 aliphatic rings. The summed E-state index contributed by atoms with van der Waals surface area (Å²) in [6.45, 7) is 5.21. The van der Waals surface area contributed by atoms with Gasteiger partial charge >= 0.3 is 6.03 Å². The molecule has 1 atom stereocenters. The summed E-state index contributed by atoms with van der Waals surface area (Å²) in [4.78, 5) is 22.1. The van der Waals surface area contributed by atoms with Gasteiger partial charge in [0.15, 0.2) is 0 Å². The Morgan fingerprint density at radius 3 is 2.79 bits per heavy atom. The number of hydrogen-bond acceptors (Lipinski definition) is 4. The lowest BCUT2D eigenvalue weighted by Gasteiger charge is -2.30. The first-order valence-corrected chi connectivity index (χ1v) is 6.56. The van der Waals surface area contributed by atoms with E-state index in [-0.39, 0.29) is 6.03 Å². The molecule has 104 valence electrons. The second kappa shape index (κ2) is 5.97. The number of urea groups is 1. The third-order valence-corrected chi connectivity index (χ3v) is 3.11. The van der Waals surface area contributed by atoms with Crippen molar-refractivity contribution in [3.05, 3.63) is 23.3 Å². The Balaban J connectivity index is 1.89. The highest BCUT2D eigenvalue weighted by Gasteiger charge is 2.21. The van der Waals surface area contributed by atoms with E-state index in [0.717, 1.165) is 24.2 Å². The molecule has 1 fully saturated rings. The lowest BCUT2D eigenvalue weighted by atomic mass is 10.1. The largest absolute Gasteiger partial charge is 0.391 e. The van der Waals surface area contributed by atoms with E-state index >= 15 is 0 Å². The maximum atomic E-state index is 11.9. The van der Waals surface area contributed by atoms with Gasteiger partial charge in [-0.2, -0.15) is 0 Å². The number of amides is 2. The molecule has 2 N–H and O–H groups in total. The second-order valence-electron chi connectivity index (χ2n) is 4.97. The van der Waals surface area contributed by atoms with E-state index in [1.165, 1.54) is 0 Å². The summed E-state index contributed by atoms with van der Waals surface area (Å²) in [5.74, 6) is 0.614. The van der Waals surface area contributed by atoms with E-state index < -0.39 is 6.10 Å². The van der Waals surface area contributed by atoms with Crippen LogP contribution in [-0.4, -0.2) is 45.2 Å².